The van der Waals surface area contributed by atoms with E-state index in [0.29, 0.717) is 35.8 Å². The maximum atomic E-state index is 14.3. The van der Waals surface area contributed by atoms with Gasteiger partial charge in [-0.3, -0.25) is 4.57 Å². The van der Waals surface area contributed by atoms with E-state index < -0.39 is 23.1 Å². The largest absolute Gasteiger partial charge is 0.393 e. The van der Waals surface area contributed by atoms with E-state index in [1.54, 1.807) is 6.20 Å². The zero-order valence-corrected chi connectivity index (χ0v) is 17.3. The van der Waals surface area contributed by atoms with Gasteiger partial charge in [0.15, 0.2) is 17.3 Å². The molecule has 11 heteroatoms. The minimum Gasteiger partial charge on any atom is -0.393 e. The Labute approximate surface area is 182 Å². The number of halogens is 3. The van der Waals surface area contributed by atoms with E-state index in [2.05, 4.69) is 30.9 Å². The molecule has 3 heterocycles. The first-order valence-electron chi connectivity index (χ1n) is 10.8. The zero-order chi connectivity index (χ0) is 22.2. The minimum atomic E-state index is -1.04. The van der Waals surface area contributed by atoms with Crippen molar-refractivity contribution in [3.05, 3.63) is 35.8 Å². The predicted molar refractivity (Wildman–Crippen MR) is 113 cm³/mol. The second-order valence-corrected chi connectivity index (χ2v) is 8.37. The van der Waals surface area contributed by atoms with Crippen molar-refractivity contribution in [3.8, 4) is 0 Å². The number of aromatic nitrogens is 4. The van der Waals surface area contributed by atoms with Crippen molar-refractivity contribution in [1.29, 1.82) is 0 Å². The van der Waals surface area contributed by atoms with Crippen LogP contribution in [0.1, 0.15) is 38.1 Å². The fourth-order valence-corrected chi connectivity index (χ4v) is 4.43. The van der Waals surface area contributed by atoms with Crippen molar-refractivity contribution >= 4 is 28.7 Å². The molecule has 1 atom stereocenters. The Balaban J connectivity index is 1.51. The molecule has 0 unspecified atom stereocenters. The number of aliphatic hydroxyl groups excluding tert-OH is 1. The van der Waals surface area contributed by atoms with Crippen LogP contribution < -0.4 is 16.0 Å². The molecule has 8 nitrogen and oxygen atoms in total. The number of hydrogen-bond donors (Lipinski definition) is 4. The van der Waals surface area contributed by atoms with E-state index in [0.717, 1.165) is 38.6 Å². The van der Waals surface area contributed by atoms with Crippen LogP contribution in [0.3, 0.4) is 0 Å². The van der Waals surface area contributed by atoms with Gasteiger partial charge in [-0.25, -0.2) is 23.1 Å². The van der Waals surface area contributed by atoms with Crippen molar-refractivity contribution < 1.29 is 18.3 Å². The molecule has 2 fully saturated rings. The lowest BCUT2D eigenvalue weighted by Gasteiger charge is -2.26. The molecule has 0 spiro atoms. The monoisotopic (exact) mass is 447 g/mol. The molecule has 170 valence electrons. The Hall–Kier alpha value is -2.92. The molecule has 0 amide bonds. The Kier molecular flexibility index (Phi) is 5.60. The minimum absolute atomic E-state index is 0.0263. The normalized spacial score (nSPS) is 23.6. The zero-order valence-electron chi connectivity index (χ0n) is 17.3. The second kappa shape index (κ2) is 8.55. The maximum absolute atomic E-state index is 14.3. The Morgan fingerprint density at radius 1 is 1.03 bits per heavy atom. The first-order chi connectivity index (χ1) is 15.5. The summed E-state index contributed by atoms with van der Waals surface area (Å²) in [7, 11) is 0. The fraction of sp³-hybridized carbons (Fsp3) is 0.476. The number of benzene rings is 1. The van der Waals surface area contributed by atoms with Crippen LogP contribution in [0.5, 0.6) is 0 Å². The highest BCUT2D eigenvalue weighted by atomic mass is 19.1. The van der Waals surface area contributed by atoms with Gasteiger partial charge in [-0.1, -0.05) is 0 Å². The molecule has 5 rings (SSSR count). The molecule has 0 radical (unpaired) electrons. The van der Waals surface area contributed by atoms with Gasteiger partial charge in [0.05, 0.1) is 18.3 Å². The Bertz CT molecular complexity index is 1100. The average molecular weight is 447 g/mol. The highest BCUT2D eigenvalue weighted by Crippen LogP contribution is 2.31. The molecule has 1 aliphatic heterocycles. The summed E-state index contributed by atoms with van der Waals surface area (Å²) >= 11 is 0. The van der Waals surface area contributed by atoms with Crippen molar-refractivity contribution in [2.75, 3.05) is 23.7 Å². The van der Waals surface area contributed by atoms with Gasteiger partial charge in [0, 0.05) is 24.7 Å². The first-order valence-corrected chi connectivity index (χ1v) is 10.8. The standard InChI is InChI=1S/C21H24F3N7O/c22-11-7-15(23)18(16(24)8-11)29-21-28-17-10-26-20(27-12-1-3-14(32)4-2-12)30-19(17)31(21)13-5-6-25-9-13/h7-8,10,12-14,25,32H,1-6,9H2,(H,28,29)(H,26,27,30)/t12?,13-,14?/m1/s1. The molecule has 1 saturated heterocycles. The number of fused-ring (bicyclic) bond motifs is 1. The van der Waals surface area contributed by atoms with Crippen LogP contribution in [0.15, 0.2) is 18.3 Å². The third-order valence-electron chi connectivity index (χ3n) is 6.11. The summed E-state index contributed by atoms with van der Waals surface area (Å²) in [5, 5.41) is 19.0. The van der Waals surface area contributed by atoms with Gasteiger partial charge in [-0.2, -0.15) is 4.98 Å². The summed E-state index contributed by atoms with van der Waals surface area (Å²) in [6, 6.07) is 1.39. The van der Waals surface area contributed by atoms with E-state index >= 15 is 0 Å². The lowest BCUT2D eigenvalue weighted by molar-refractivity contribution is 0.126. The highest BCUT2D eigenvalue weighted by Gasteiger charge is 2.26. The molecule has 0 bridgehead atoms. The summed E-state index contributed by atoms with van der Waals surface area (Å²) in [6.07, 6.45) is 5.22. The molecule has 1 saturated carbocycles. The number of aliphatic hydroxyl groups is 1. The number of nitrogens with one attached hydrogen (secondary N) is 3. The van der Waals surface area contributed by atoms with Gasteiger partial charge >= 0.3 is 0 Å². The van der Waals surface area contributed by atoms with Gasteiger partial charge in [-0.15, -0.1) is 0 Å². The highest BCUT2D eigenvalue weighted by molar-refractivity contribution is 5.76. The Morgan fingerprint density at radius 2 is 1.78 bits per heavy atom. The molecule has 4 N–H and O–H groups in total. The molecular weight excluding hydrogens is 423 g/mol. The van der Waals surface area contributed by atoms with E-state index in [1.807, 2.05) is 4.57 Å². The van der Waals surface area contributed by atoms with Crippen LogP contribution in [0.4, 0.5) is 30.8 Å². The van der Waals surface area contributed by atoms with E-state index in [4.69, 9.17) is 0 Å². The lowest BCUT2D eigenvalue weighted by atomic mass is 9.93. The SMILES string of the molecule is OC1CCC(Nc2ncc3nc(Nc4c(F)cc(F)cc4F)n([C@@H]4CCNC4)c3n2)CC1. The Morgan fingerprint density at radius 3 is 2.47 bits per heavy atom. The average Bonchev–Trinajstić information content (AvgIpc) is 3.39. The second-order valence-electron chi connectivity index (χ2n) is 8.37. The van der Waals surface area contributed by atoms with Crippen LogP contribution in [-0.2, 0) is 0 Å². The quantitative estimate of drug-likeness (QED) is 0.477. The summed E-state index contributed by atoms with van der Waals surface area (Å²) in [5.74, 6) is -2.42. The summed E-state index contributed by atoms with van der Waals surface area (Å²) < 4.78 is 43.7. The molecule has 2 aliphatic rings. The third kappa shape index (κ3) is 4.09. The maximum Gasteiger partial charge on any atom is 0.224 e. The van der Waals surface area contributed by atoms with Gasteiger partial charge in [-0.05, 0) is 38.6 Å². The van der Waals surface area contributed by atoms with Crippen LogP contribution in [0.2, 0.25) is 0 Å². The predicted octanol–water partition coefficient (Wildman–Crippen LogP) is 3.24. The van der Waals surface area contributed by atoms with Gasteiger partial charge in [0.2, 0.25) is 11.9 Å². The number of nitrogens with zero attached hydrogens (tertiary/aromatic N) is 4. The van der Waals surface area contributed by atoms with Crippen molar-refractivity contribution in [3.63, 3.8) is 0 Å². The first kappa shape index (κ1) is 21.0. The molecule has 2 aromatic heterocycles. The van der Waals surface area contributed by atoms with Gasteiger partial charge in [0.1, 0.15) is 17.0 Å². The van der Waals surface area contributed by atoms with Crippen LogP contribution >= 0.6 is 0 Å². The van der Waals surface area contributed by atoms with Crippen LogP contribution in [-0.4, -0.2) is 49.9 Å². The van der Waals surface area contributed by atoms with Crippen molar-refractivity contribution in [1.82, 2.24) is 24.8 Å². The lowest BCUT2D eigenvalue weighted by Crippen LogP contribution is -2.29. The smallest absolute Gasteiger partial charge is 0.224 e. The summed E-state index contributed by atoms with van der Waals surface area (Å²) in [5.41, 5.74) is 0.547. The van der Waals surface area contributed by atoms with Crippen molar-refractivity contribution in [2.24, 2.45) is 0 Å². The molecule has 1 aromatic carbocycles. The molecular formula is C21H24F3N7O. The fourth-order valence-electron chi connectivity index (χ4n) is 4.43. The third-order valence-corrected chi connectivity index (χ3v) is 6.11. The number of rotatable bonds is 5. The molecule has 1 aliphatic carbocycles. The summed E-state index contributed by atoms with van der Waals surface area (Å²) in [4.78, 5) is 13.5. The van der Waals surface area contributed by atoms with Crippen LogP contribution in [0, 0.1) is 17.5 Å². The van der Waals surface area contributed by atoms with Crippen molar-refractivity contribution in [2.45, 2.75) is 50.3 Å². The van der Waals surface area contributed by atoms with Gasteiger partial charge in [0.25, 0.3) is 0 Å². The molecule has 3 aromatic rings. The topological polar surface area (TPSA) is 99.9 Å². The van der Waals surface area contributed by atoms with Gasteiger partial charge < -0.3 is 21.1 Å². The number of hydrogen-bond acceptors (Lipinski definition) is 7. The van der Waals surface area contributed by atoms with Crippen LogP contribution in [0.25, 0.3) is 11.2 Å². The number of anilines is 3. The van der Waals surface area contributed by atoms with E-state index in [9.17, 15) is 18.3 Å². The van der Waals surface area contributed by atoms with E-state index in [1.165, 1.54) is 0 Å². The van der Waals surface area contributed by atoms with E-state index in [-0.39, 0.29) is 24.1 Å². The molecule has 32 heavy (non-hydrogen) atoms. The number of imidazole rings is 1. The summed E-state index contributed by atoms with van der Waals surface area (Å²) in [6.45, 7) is 1.45.